The lowest BCUT2D eigenvalue weighted by molar-refractivity contribution is -0.117. The summed E-state index contributed by atoms with van der Waals surface area (Å²) in [5, 5.41) is 2.45. The fourth-order valence-electron chi connectivity index (χ4n) is 2.35. The molecule has 1 aliphatic heterocycles. The first-order chi connectivity index (χ1) is 8.50. The predicted octanol–water partition coefficient (Wildman–Crippen LogP) is 3.29. The summed E-state index contributed by atoms with van der Waals surface area (Å²) in [6, 6.07) is 0.0495. The third-order valence-electron chi connectivity index (χ3n) is 3.25. The monoisotopic (exact) mass is 285 g/mol. The molecule has 0 radical (unpaired) electrons. The first kappa shape index (κ1) is 13.6. The van der Waals surface area contributed by atoms with Crippen LogP contribution in [0.2, 0.25) is 5.02 Å². The largest absolute Gasteiger partial charge is 0.334 e. The van der Waals surface area contributed by atoms with E-state index in [2.05, 4.69) is 0 Å². The maximum absolute atomic E-state index is 12.4. The average Bonchev–Trinajstić information content (AvgIpc) is 2.87. The van der Waals surface area contributed by atoms with Crippen LogP contribution in [-0.4, -0.2) is 29.2 Å². The molecule has 5 heteroatoms. The lowest BCUT2D eigenvalue weighted by Gasteiger charge is -2.23. The average molecular weight is 286 g/mol. The standard InChI is InChI=1S/C13H16ClNO2S/c1-8-7-18-12(11(8)14)13(17)15-5-3-4-10(15)6-9(2)16/h7,10H,3-6H2,1-2H3. The van der Waals surface area contributed by atoms with E-state index in [9.17, 15) is 9.59 Å². The summed E-state index contributed by atoms with van der Waals surface area (Å²) in [6.07, 6.45) is 2.33. The first-order valence-electron chi connectivity index (χ1n) is 6.04. The number of carbonyl (C=O) groups excluding carboxylic acids is 2. The zero-order chi connectivity index (χ0) is 13.3. The lowest BCUT2D eigenvalue weighted by atomic mass is 10.1. The minimum absolute atomic E-state index is 0.0261. The van der Waals surface area contributed by atoms with Gasteiger partial charge < -0.3 is 4.90 Å². The molecule has 1 unspecified atom stereocenters. The number of nitrogens with zero attached hydrogens (tertiary/aromatic N) is 1. The number of hydrogen-bond donors (Lipinski definition) is 0. The number of likely N-dealkylation sites (tertiary alicyclic amines) is 1. The van der Waals surface area contributed by atoms with Gasteiger partial charge >= 0.3 is 0 Å². The Morgan fingerprint density at radius 1 is 1.56 bits per heavy atom. The van der Waals surface area contributed by atoms with Gasteiger partial charge in [0.2, 0.25) is 0 Å². The van der Waals surface area contributed by atoms with Gasteiger partial charge in [-0.3, -0.25) is 9.59 Å². The third kappa shape index (κ3) is 2.59. The van der Waals surface area contributed by atoms with E-state index >= 15 is 0 Å². The van der Waals surface area contributed by atoms with Crippen molar-refractivity contribution in [3.05, 3.63) is 20.8 Å². The van der Waals surface area contributed by atoms with Gasteiger partial charge in [0, 0.05) is 19.0 Å². The fraction of sp³-hybridized carbons (Fsp3) is 0.538. The molecular weight excluding hydrogens is 270 g/mol. The second-order valence-corrected chi connectivity index (χ2v) is 6.02. The molecule has 1 atom stereocenters. The van der Waals surface area contributed by atoms with Gasteiger partial charge in [0.05, 0.1) is 5.02 Å². The van der Waals surface area contributed by atoms with Crippen molar-refractivity contribution in [3.8, 4) is 0 Å². The van der Waals surface area contributed by atoms with E-state index in [1.165, 1.54) is 11.3 Å². The quantitative estimate of drug-likeness (QED) is 0.854. The molecule has 1 amide bonds. The first-order valence-corrected chi connectivity index (χ1v) is 7.30. The topological polar surface area (TPSA) is 37.4 Å². The zero-order valence-electron chi connectivity index (χ0n) is 10.5. The van der Waals surface area contributed by atoms with E-state index in [4.69, 9.17) is 11.6 Å². The zero-order valence-corrected chi connectivity index (χ0v) is 12.1. The number of hydrogen-bond acceptors (Lipinski definition) is 3. The minimum atomic E-state index is -0.0261. The Kier molecular flexibility index (Phi) is 4.07. The number of carbonyl (C=O) groups is 2. The Hall–Kier alpha value is -0.870. The van der Waals surface area contributed by atoms with Gasteiger partial charge in [-0.05, 0) is 37.6 Å². The van der Waals surface area contributed by atoms with Gasteiger partial charge in [0.15, 0.2) is 0 Å². The van der Waals surface area contributed by atoms with Crippen LogP contribution in [0.1, 0.15) is 41.4 Å². The van der Waals surface area contributed by atoms with Crippen LogP contribution in [0, 0.1) is 6.92 Å². The van der Waals surface area contributed by atoms with Crippen molar-refractivity contribution < 1.29 is 9.59 Å². The number of Topliss-reactive ketones (excluding diaryl/α,β-unsaturated/α-hetero) is 1. The van der Waals surface area contributed by atoms with Gasteiger partial charge in [0.25, 0.3) is 5.91 Å². The highest BCUT2D eigenvalue weighted by molar-refractivity contribution is 7.13. The fourth-order valence-corrected chi connectivity index (χ4v) is 3.58. The summed E-state index contributed by atoms with van der Waals surface area (Å²) in [6.45, 7) is 4.19. The van der Waals surface area contributed by atoms with Crippen molar-refractivity contribution in [2.45, 2.75) is 39.2 Å². The summed E-state index contributed by atoms with van der Waals surface area (Å²) in [7, 11) is 0. The third-order valence-corrected chi connectivity index (χ3v) is 4.94. The predicted molar refractivity (Wildman–Crippen MR) is 73.4 cm³/mol. The molecule has 1 saturated heterocycles. The van der Waals surface area contributed by atoms with Crippen molar-refractivity contribution in [2.75, 3.05) is 6.54 Å². The molecule has 1 aromatic heterocycles. The number of amides is 1. The number of aryl methyl sites for hydroxylation is 1. The Morgan fingerprint density at radius 2 is 2.28 bits per heavy atom. The molecule has 3 nitrogen and oxygen atoms in total. The Balaban J connectivity index is 2.18. The number of ketones is 1. The van der Waals surface area contributed by atoms with Crippen LogP contribution in [0.5, 0.6) is 0 Å². The smallest absolute Gasteiger partial charge is 0.265 e. The van der Waals surface area contributed by atoms with Crippen LogP contribution >= 0.6 is 22.9 Å². The second kappa shape index (κ2) is 5.41. The van der Waals surface area contributed by atoms with Gasteiger partial charge in [0.1, 0.15) is 10.7 Å². The summed E-state index contributed by atoms with van der Waals surface area (Å²) < 4.78 is 0. The molecule has 0 spiro atoms. The highest BCUT2D eigenvalue weighted by Crippen LogP contribution is 2.31. The molecule has 18 heavy (non-hydrogen) atoms. The number of rotatable bonds is 3. The SMILES string of the molecule is CC(=O)CC1CCCN1C(=O)c1scc(C)c1Cl. The van der Waals surface area contributed by atoms with E-state index in [0.717, 1.165) is 24.9 Å². The van der Waals surface area contributed by atoms with Crippen LogP contribution in [0.3, 0.4) is 0 Å². The normalized spacial score (nSPS) is 19.3. The highest BCUT2D eigenvalue weighted by Gasteiger charge is 2.31. The van der Waals surface area contributed by atoms with Crippen LogP contribution in [0.25, 0.3) is 0 Å². The summed E-state index contributed by atoms with van der Waals surface area (Å²) in [4.78, 5) is 26.0. The number of thiophene rings is 1. The molecule has 1 aromatic rings. The molecule has 0 aliphatic carbocycles. The van der Waals surface area contributed by atoms with E-state index in [1.54, 1.807) is 11.8 Å². The maximum Gasteiger partial charge on any atom is 0.265 e. The van der Waals surface area contributed by atoms with E-state index in [0.29, 0.717) is 16.3 Å². The highest BCUT2D eigenvalue weighted by atomic mass is 35.5. The van der Waals surface area contributed by atoms with E-state index in [-0.39, 0.29) is 17.7 Å². The lowest BCUT2D eigenvalue weighted by Crippen LogP contribution is -2.36. The molecule has 1 aliphatic rings. The summed E-state index contributed by atoms with van der Waals surface area (Å²) in [5.74, 6) is 0.106. The number of halogens is 1. The van der Waals surface area contributed by atoms with Crippen molar-refractivity contribution in [1.82, 2.24) is 4.90 Å². The molecule has 1 fully saturated rings. The Labute approximate surface area is 116 Å². The molecule has 0 aromatic carbocycles. The van der Waals surface area contributed by atoms with Crippen LogP contribution in [0.15, 0.2) is 5.38 Å². The summed E-state index contributed by atoms with van der Waals surface area (Å²) >= 11 is 7.52. The molecular formula is C13H16ClNO2S. The summed E-state index contributed by atoms with van der Waals surface area (Å²) in [5.41, 5.74) is 0.937. The van der Waals surface area contributed by atoms with Crippen LogP contribution < -0.4 is 0 Å². The van der Waals surface area contributed by atoms with E-state index in [1.807, 2.05) is 12.3 Å². The maximum atomic E-state index is 12.4. The molecule has 98 valence electrons. The van der Waals surface area contributed by atoms with Crippen molar-refractivity contribution in [3.63, 3.8) is 0 Å². The second-order valence-electron chi connectivity index (χ2n) is 4.76. The minimum Gasteiger partial charge on any atom is -0.334 e. The van der Waals surface area contributed by atoms with E-state index < -0.39 is 0 Å². The molecule has 0 bridgehead atoms. The molecule has 0 saturated carbocycles. The van der Waals surface area contributed by atoms with Gasteiger partial charge in [-0.25, -0.2) is 0 Å². The van der Waals surface area contributed by atoms with Crippen LogP contribution in [0.4, 0.5) is 0 Å². The van der Waals surface area contributed by atoms with Crippen LogP contribution in [-0.2, 0) is 4.79 Å². The van der Waals surface area contributed by atoms with Gasteiger partial charge in [-0.2, -0.15) is 0 Å². The Bertz CT molecular complexity index is 483. The van der Waals surface area contributed by atoms with Crippen molar-refractivity contribution in [2.24, 2.45) is 0 Å². The van der Waals surface area contributed by atoms with Gasteiger partial charge in [-0.1, -0.05) is 11.6 Å². The van der Waals surface area contributed by atoms with Crippen molar-refractivity contribution in [1.29, 1.82) is 0 Å². The Morgan fingerprint density at radius 3 is 2.83 bits per heavy atom. The molecule has 2 rings (SSSR count). The molecule has 2 heterocycles. The molecule has 0 N–H and O–H groups in total. The van der Waals surface area contributed by atoms with Crippen molar-refractivity contribution >= 4 is 34.6 Å². The van der Waals surface area contributed by atoms with Gasteiger partial charge in [-0.15, -0.1) is 11.3 Å².